The Morgan fingerprint density at radius 3 is 2.76 bits per heavy atom. The standard InChI is InChI=1S/C12H16N4O/c13-5-6-14-12-8-15-16-11(12)7-9-1-3-10(17)4-2-9/h1-4,8,14,17H,5-7,13H2,(H,15,16). The van der Waals surface area contributed by atoms with E-state index < -0.39 is 0 Å². The van der Waals surface area contributed by atoms with E-state index >= 15 is 0 Å². The molecule has 1 aromatic heterocycles. The van der Waals surface area contributed by atoms with Crippen molar-refractivity contribution >= 4 is 5.69 Å². The summed E-state index contributed by atoms with van der Waals surface area (Å²) in [5.74, 6) is 0.278. The Morgan fingerprint density at radius 1 is 1.29 bits per heavy atom. The second kappa shape index (κ2) is 5.36. The van der Waals surface area contributed by atoms with Crippen molar-refractivity contribution in [2.24, 2.45) is 5.73 Å². The topological polar surface area (TPSA) is 87.0 Å². The third kappa shape index (κ3) is 2.98. The maximum absolute atomic E-state index is 9.21. The molecule has 2 aromatic rings. The molecule has 0 aliphatic heterocycles. The molecule has 2 rings (SSSR count). The minimum atomic E-state index is 0.278. The summed E-state index contributed by atoms with van der Waals surface area (Å²) in [6.45, 7) is 1.31. The Morgan fingerprint density at radius 2 is 2.06 bits per heavy atom. The summed E-state index contributed by atoms with van der Waals surface area (Å²) < 4.78 is 0. The molecule has 5 nitrogen and oxygen atoms in total. The number of phenols is 1. The number of hydrogen-bond acceptors (Lipinski definition) is 4. The Kier molecular flexibility index (Phi) is 3.62. The van der Waals surface area contributed by atoms with Gasteiger partial charge in [0.2, 0.25) is 0 Å². The zero-order chi connectivity index (χ0) is 12.1. The van der Waals surface area contributed by atoms with E-state index in [1.807, 2.05) is 12.1 Å². The van der Waals surface area contributed by atoms with Crippen LogP contribution in [0.3, 0.4) is 0 Å². The van der Waals surface area contributed by atoms with Gasteiger partial charge in [-0.15, -0.1) is 0 Å². The molecule has 1 heterocycles. The molecule has 0 spiro atoms. The van der Waals surface area contributed by atoms with Crippen LogP contribution in [0.15, 0.2) is 30.5 Å². The van der Waals surface area contributed by atoms with Gasteiger partial charge in [0.1, 0.15) is 5.75 Å². The number of aromatic nitrogens is 2. The van der Waals surface area contributed by atoms with Crippen LogP contribution in [0, 0.1) is 0 Å². The largest absolute Gasteiger partial charge is 0.508 e. The molecule has 5 heteroatoms. The van der Waals surface area contributed by atoms with E-state index in [-0.39, 0.29) is 5.75 Å². The van der Waals surface area contributed by atoms with Crippen LogP contribution in [0.2, 0.25) is 0 Å². The van der Waals surface area contributed by atoms with E-state index in [4.69, 9.17) is 5.73 Å². The number of nitrogens with two attached hydrogens (primary N) is 1. The maximum Gasteiger partial charge on any atom is 0.115 e. The summed E-state index contributed by atoms with van der Waals surface area (Å²) >= 11 is 0. The van der Waals surface area contributed by atoms with Gasteiger partial charge >= 0.3 is 0 Å². The van der Waals surface area contributed by atoms with Gasteiger partial charge in [0, 0.05) is 19.5 Å². The number of benzene rings is 1. The number of nitrogens with one attached hydrogen (secondary N) is 2. The number of rotatable bonds is 5. The first kappa shape index (κ1) is 11.5. The monoisotopic (exact) mass is 232 g/mol. The summed E-state index contributed by atoms with van der Waals surface area (Å²) in [5.41, 5.74) is 8.55. The number of aromatic amines is 1. The van der Waals surface area contributed by atoms with Crippen molar-refractivity contribution in [1.82, 2.24) is 10.2 Å². The van der Waals surface area contributed by atoms with Gasteiger partial charge in [-0.3, -0.25) is 5.10 Å². The fourth-order valence-corrected chi connectivity index (χ4v) is 1.62. The van der Waals surface area contributed by atoms with Crippen LogP contribution in [-0.2, 0) is 6.42 Å². The molecule has 0 aliphatic rings. The lowest BCUT2D eigenvalue weighted by Crippen LogP contribution is -2.13. The Bertz CT molecular complexity index is 464. The molecule has 0 bridgehead atoms. The quantitative estimate of drug-likeness (QED) is 0.621. The van der Waals surface area contributed by atoms with Crippen LogP contribution in [-0.4, -0.2) is 28.4 Å². The zero-order valence-electron chi connectivity index (χ0n) is 9.48. The van der Waals surface area contributed by atoms with Gasteiger partial charge in [-0.2, -0.15) is 5.10 Å². The average molecular weight is 232 g/mol. The normalized spacial score (nSPS) is 10.4. The third-order valence-electron chi connectivity index (χ3n) is 2.50. The van der Waals surface area contributed by atoms with Gasteiger partial charge in [0.25, 0.3) is 0 Å². The lowest BCUT2D eigenvalue weighted by molar-refractivity contribution is 0.475. The summed E-state index contributed by atoms with van der Waals surface area (Å²) in [4.78, 5) is 0. The Balaban J connectivity index is 2.07. The second-order valence-electron chi connectivity index (χ2n) is 3.82. The zero-order valence-corrected chi connectivity index (χ0v) is 9.48. The van der Waals surface area contributed by atoms with E-state index in [1.165, 1.54) is 0 Å². The summed E-state index contributed by atoms with van der Waals surface area (Å²) in [6.07, 6.45) is 2.50. The van der Waals surface area contributed by atoms with E-state index in [0.29, 0.717) is 6.54 Å². The number of phenolic OH excluding ortho intramolecular Hbond substituents is 1. The summed E-state index contributed by atoms with van der Waals surface area (Å²) in [6, 6.07) is 7.14. The molecule has 0 atom stereocenters. The molecule has 0 saturated heterocycles. The molecule has 90 valence electrons. The average Bonchev–Trinajstić information content (AvgIpc) is 2.77. The lowest BCUT2D eigenvalue weighted by atomic mass is 10.1. The molecular formula is C12H16N4O. The molecule has 0 fully saturated rings. The van der Waals surface area contributed by atoms with E-state index in [9.17, 15) is 5.11 Å². The van der Waals surface area contributed by atoms with Gasteiger partial charge in [0.05, 0.1) is 17.6 Å². The number of nitrogens with zero attached hydrogens (tertiary/aromatic N) is 1. The SMILES string of the molecule is NCCNc1cn[nH]c1Cc1ccc(O)cc1. The Hall–Kier alpha value is -2.01. The molecule has 0 unspecified atom stereocenters. The van der Waals surface area contributed by atoms with Crippen LogP contribution in [0.1, 0.15) is 11.3 Å². The van der Waals surface area contributed by atoms with Gasteiger partial charge in [-0.25, -0.2) is 0 Å². The van der Waals surface area contributed by atoms with Crippen LogP contribution in [0.25, 0.3) is 0 Å². The van der Waals surface area contributed by atoms with Gasteiger partial charge in [-0.05, 0) is 17.7 Å². The molecule has 0 aliphatic carbocycles. The molecule has 0 amide bonds. The molecule has 1 aromatic carbocycles. The van der Waals surface area contributed by atoms with Crippen molar-refractivity contribution in [3.63, 3.8) is 0 Å². The number of anilines is 1. The minimum absolute atomic E-state index is 0.278. The van der Waals surface area contributed by atoms with Crippen molar-refractivity contribution in [3.05, 3.63) is 41.7 Å². The predicted octanol–water partition coefficient (Wildman–Crippen LogP) is 1.08. The maximum atomic E-state index is 9.21. The summed E-state index contributed by atoms with van der Waals surface area (Å²) in [7, 11) is 0. The highest BCUT2D eigenvalue weighted by Crippen LogP contribution is 2.17. The molecule has 0 radical (unpaired) electrons. The van der Waals surface area contributed by atoms with E-state index in [2.05, 4.69) is 15.5 Å². The third-order valence-corrected chi connectivity index (χ3v) is 2.50. The predicted molar refractivity (Wildman–Crippen MR) is 67.0 cm³/mol. The van der Waals surface area contributed by atoms with E-state index in [1.54, 1.807) is 18.3 Å². The fraction of sp³-hybridized carbons (Fsp3) is 0.250. The highest BCUT2D eigenvalue weighted by molar-refractivity contribution is 5.48. The molecule has 0 saturated carbocycles. The van der Waals surface area contributed by atoms with E-state index in [0.717, 1.165) is 29.9 Å². The summed E-state index contributed by atoms with van der Waals surface area (Å²) in [5, 5.41) is 19.4. The number of H-pyrrole nitrogens is 1. The van der Waals surface area contributed by atoms with Crippen LogP contribution < -0.4 is 11.1 Å². The van der Waals surface area contributed by atoms with Crippen LogP contribution in [0.4, 0.5) is 5.69 Å². The number of aromatic hydroxyl groups is 1. The highest BCUT2D eigenvalue weighted by Gasteiger charge is 2.05. The van der Waals surface area contributed by atoms with Crippen LogP contribution >= 0.6 is 0 Å². The van der Waals surface area contributed by atoms with Gasteiger partial charge < -0.3 is 16.2 Å². The van der Waals surface area contributed by atoms with Crippen molar-refractivity contribution in [1.29, 1.82) is 0 Å². The van der Waals surface area contributed by atoms with Gasteiger partial charge in [0.15, 0.2) is 0 Å². The van der Waals surface area contributed by atoms with Crippen molar-refractivity contribution < 1.29 is 5.11 Å². The molecule has 5 N–H and O–H groups in total. The van der Waals surface area contributed by atoms with Crippen molar-refractivity contribution in [2.75, 3.05) is 18.4 Å². The molecule has 17 heavy (non-hydrogen) atoms. The first-order valence-electron chi connectivity index (χ1n) is 5.53. The first-order valence-corrected chi connectivity index (χ1v) is 5.53. The van der Waals surface area contributed by atoms with Gasteiger partial charge in [-0.1, -0.05) is 12.1 Å². The smallest absolute Gasteiger partial charge is 0.115 e. The lowest BCUT2D eigenvalue weighted by Gasteiger charge is -2.05. The fourth-order valence-electron chi connectivity index (χ4n) is 1.62. The van der Waals surface area contributed by atoms with Crippen molar-refractivity contribution in [2.45, 2.75) is 6.42 Å². The second-order valence-corrected chi connectivity index (χ2v) is 3.82. The Labute approximate surface area is 99.7 Å². The highest BCUT2D eigenvalue weighted by atomic mass is 16.3. The first-order chi connectivity index (χ1) is 8.29. The van der Waals surface area contributed by atoms with Crippen molar-refractivity contribution in [3.8, 4) is 5.75 Å². The van der Waals surface area contributed by atoms with Crippen LogP contribution in [0.5, 0.6) is 5.75 Å². The molecular weight excluding hydrogens is 216 g/mol. The minimum Gasteiger partial charge on any atom is -0.508 e. The number of hydrogen-bond donors (Lipinski definition) is 4.